The Hall–Kier alpha value is -1.42. The van der Waals surface area contributed by atoms with Crippen LogP contribution >= 0.6 is 0 Å². The predicted molar refractivity (Wildman–Crippen MR) is 66.7 cm³/mol. The molecule has 1 unspecified atom stereocenters. The van der Waals surface area contributed by atoms with Crippen LogP contribution in [0.5, 0.6) is 0 Å². The molecule has 0 aliphatic carbocycles. The van der Waals surface area contributed by atoms with Gasteiger partial charge in [0.1, 0.15) is 5.82 Å². The first-order valence-corrected chi connectivity index (χ1v) is 6.29. The van der Waals surface area contributed by atoms with Crippen LogP contribution in [0.4, 0.5) is 4.39 Å². The van der Waals surface area contributed by atoms with E-state index in [1.54, 1.807) is 12.1 Å². The van der Waals surface area contributed by atoms with Gasteiger partial charge in [-0.1, -0.05) is 12.1 Å². The molecule has 1 heterocycles. The van der Waals surface area contributed by atoms with E-state index < -0.39 is 0 Å². The van der Waals surface area contributed by atoms with Crippen LogP contribution in [0.2, 0.25) is 0 Å². The topological polar surface area (TPSA) is 29.5 Å². The number of morpholine rings is 1. The van der Waals surface area contributed by atoms with Crippen LogP contribution in [0.25, 0.3) is 0 Å². The second-order valence-corrected chi connectivity index (χ2v) is 4.65. The van der Waals surface area contributed by atoms with Crippen molar-refractivity contribution in [2.24, 2.45) is 0 Å². The van der Waals surface area contributed by atoms with Crippen LogP contribution in [0.15, 0.2) is 24.3 Å². The van der Waals surface area contributed by atoms with Crippen molar-refractivity contribution in [3.8, 4) is 0 Å². The Labute approximate surface area is 107 Å². The minimum absolute atomic E-state index is 0.119. The van der Waals surface area contributed by atoms with E-state index in [2.05, 4.69) is 0 Å². The Kier molecular flexibility index (Phi) is 4.31. The number of amides is 1. The quantitative estimate of drug-likeness (QED) is 0.822. The van der Waals surface area contributed by atoms with Gasteiger partial charge in [-0.3, -0.25) is 4.79 Å². The number of ether oxygens (including phenoxy) is 1. The maximum atomic E-state index is 12.7. The molecule has 0 radical (unpaired) electrons. The van der Waals surface area contributed by atoms with Crippen molar-refractivity contribution in [2.75, 3.05) is 19.7 Å². The second kappa shape index (κ2) is 5.96. The highest BCUT2D eigenvalue weighted by Crippen LogP contribution is 2.10. The summed E-state index contributed by atoms with van der Waals surface area (Å²) in [6.07, 6.45) is 1.25. The van der Waals surface area contributed by atoms with Crippen molar-refractivity contribution in [3.63, 3.8) is 0 Å². The molecule has 0 bridgehead atoms. The van der Waals surface area contributed by atoms with Gasteiger partial charge in [-0.2, -0.15) is 0 Å². The zero-order valence-corrected chi connectivity index (χ0v) is 10.6. The largest absolute Gasteiger partial charge is 0.375 e. The smallest absolute Gasteiger partial charge is 0.223 e. The zero-order chi connectivity index (χ0) is 13.0. The van der Waals surface area contributed by atoms with Crippen molar-refractivity contribution in [2.45, 2.75) is 25.9 Å². The van der Waals surface area contributed by atoms with Gasteiger partial charge in [-0.25, -0.2) is 4.39 Å². The normalized spacial score (nSPS) is 19.9. The lowest BCUT2D eigenvalue weighted by Gasteiger charge is -2.31. The summed E-state index contributed by atoms with van der Waals surface area (Å²) >= 11 is 0. The fourth-order valence-corrected chi connectivity index (χ4v) is 2.11. The van der Waals surface area contributed by atoms with Crippen LogP contribution in [0.1, 0.15) is 18.9 Å². The van der Waals surface area contributed by atoms with E-state index in [0.717, 1.165) is 5.56 Å². The Morgan fingerprint density at radius 3 is 2.83 bits per heavy atom. The number of nitrogens with zero attached hydrogens (tertiary/aromatic N) is 1. The van der Waals surface area contributed by atoms with Crippen LogP contribution in [-0.2, 0) is 16.0 Å². The SMILES string of the molecule is CC1CN(C(=O)CCc2ccc(F)cc2)CCO1. The zero-order valence-electron chi connectivity index (χ0n) is 10.6. The fraction of sp³-hybridized carbons (Fsp3) is 0.500. The van der Waals surface area contributed by atoms with Crippen molar-refractivity contribution < 1.29 is 13.9 Å². The van der Waals surface area contributed by atoms with Gasteiger partial charge in [0.05, 0.1) is 12.7 Å². The van der Waals surface area contributed by atoms with Gasteiger partial charge in [0.2, 0.25) is 5.91 Å². The molecule has 0 N–H and O–H groups in total. The van der Waals surface area contributed by atoms with Crippen molar-refractivity contribution >= 4 is 5.91 Å². The van der Waals surface area contributed by atoms with Crippen LogP contribution in [0.3, 0.4) is 0 Å². The number of carbonyl (C=O) groups is 1. The molecule has 1 aliphatic heterocycles. The molecule has 0 saturated carbocycles. The maximum Gasteiger partial charge on any atom is 0.223 e. The predicted octanol–water partition coefficient (Wildman–Crippen LogP) is 2.01. The average Bonchev–Trinajstić information content (AvgIpc) is 2.38. The molecule has 0 spiro atoms. The Bertz CT molecular complexity index is 405. The molecule has 1 aliphatic rings. The highest BCUT2D eigenvalue weighted by Gasteiger charge is 2.20. The summed E-state index contributed by atoms with van der Waals surface area (Å²) in [6.45, 7) is 3.93. The van der Waals surface area contributed by atoms with Crippen molar-refractivity contribution in [3.05, 3.63) is 35.6 Å². The van der Waals surface area contributed by atoms with Crippen molar-refractivity contribution in [1.82, 2.24) is 4.90 Å². The number of benzene rings is 1. The van der Waals surface area contributed by atoms with Gasteiger partial charge in [-0.15, -0.1) is 0 Å². The molecule has 4 heteroatoms. The van der Waals surface area contributed by atoms with Gasteiger partial charge < -0.3 is 9.64 Å². The molecule has 98 valence electrons. The summed E-state index contributed by atoms with van der Waals surface area (Å²) in [5.74, 6) is -0.0958. The molecule has 1 atom stereocenters. The lowest BCUT2D eigenvalue weighted by molar-refractivity contribution is -0.138. The molecule has 1 amide bonds. The number of halogens is 1. The molecule has 3 nitrogen and oxygen atoms in total. The third-order valence-electron chi connectivity index (χ3n) is 3.13. The monoisotopic (exact) mass is 251 g/mol. The Morgan fingerprint density at radius 2 is 2.17 bits per heavy atom. The van der Waals surface area contributed by atoms with Gasteiger partial charge in [0.15, 0.2) is 0 Å². The molecule has 1 aromatic carbocycles. The van der Waals surface area contributed by atoms with E-state index in [0.29, 0.717) is 32.5 Å². The van der Waals surface area contributed by atoms with Crippen LogP contribution < -0.4 is 0 Å². The average molecular weight is 251 g/mol. The first kappa shape index (κ1) is 13.0. The van der Waals surface area contributed by atoms with E-state index >= 15 is 0 Å². The van der Waals surface area contributed by atoms with E-state index in [1.807, 2.05) is 11.8 Å². The first-order chi connectivity index (χ1) is 8.65. The number of rotatable bonds is 3. The van der Waals surface area contributed by atoms with E-state index in [9.17, 15) is 9.18 Å². The number of aryl methyl sites for hydroxylation is 1. The Morgan fingerprint density at radius 1 is 1.44 bits per heavy atom. The van der Waals surface area contributed by atoms with E-state index in [4.69, 9.17) is 4.74 Å². The van der Waals surface area contributed by atoms with Gasteiger partial charge in [0, 0.05) is 19.5 Å². The summed E-state index contributed by atoms with van der Waals surface area (Å²) in [5.41, 5.74) is 0.992. The minimum atomic E-state index is -0.243. The van der Waals surface area contributed by atoms with Crippen molar-refractivity contribution in [1.29, 1.82) is 0 Å². The molecule has 1 saturated heterocycles. The lowest BCUT2D eigenvalue weighted by Crippen LogP contribution is -2.44. The number of hydrogen-bond acceptors (Lipinski definition) is 2. The maximum absolute atomic E-state index is 12.7. The molecule has 1 aromatic rings. The second-order valence-electron chi connectivity index (χ2n) is 4.65. The highest BCUT2D eigenvalue weighted by molar-refractivity contribution is 5.76. The number of hydrogen-bond donors (Lipinski definition) is 0. The third-order valence-corrected chi connectivity index (χ3v) is 3.13. The fourth-order valence-electron chi connectivity index (χ4n) is 2.11. The first-order valence-electron chi connectivity index (χ1n) is 6.29. The summed E-state index contributed by atoms with van der Waals surface area (Å²) in [6, 6.07) is 6.31. The molecule has 2 rings (SSSR count). The summed E-state index contributed by atoms with van der Waals surface area (Å²) in [5, 5.41) is 0. The van der Waals surface area contributed by atoms with Gasteiger partial charge in [-0.05, 0) is 31.0 Å². The molecule has 18 heavy (non-hydrogen) atoms. The standard InChI is InChI=1S/C14H18FNO2/c1-11-10-16(8-9-18-11)14(17)7-4-12-2-5-13(15)6-3-12/h2-3,5-6,11H,4,7-10H2,1H3. The molecular weight excluding hydrogens is 233 g/mol. The minimum Gasteiger partial charge on any atom is -0.375 e. The van der Waals surface area contributed by atoms with Gasteiger partial charge in [0.25, 0.3) is 0 Å². The van der Waals surface area contributed by atoms with Crippen LogP contribution in [-0.4, -0.2) is 36.6 Å². The Balaban J connectivity index is 1.82. The summed E-state index contributed by atoms with van der Waals surface area (Å²) < 4.78 is 18.1. The van der Waals surface area contributed by atoms with E-state index in [-0.39, 0.29) is 17.8 Å². The summed E-state index contributed by atoms with van der Waals surface area (Å²) in [7, 11) is 0. The van der Waals surface area contributed by atoms with E-state index in [1.165, 1.54) is 12.1 Å². The third kappa shape index (κ3) is 3.53. The number of carbonyl (C=O) groups excluding carboxylic acids is 1. The lowest BCUT2D eigenvalue weighted by atomic mass is 10.1. The highest BCUT2D eigenvalue weighted by atomic mass is 19.1. The molecular formula is C14H18FNO2. The summed E-state index contributed by atoms with van der Waals surface area (Å²) in [4.78, 5) is 13.8. The van der Waals surface area contributed by atoms with Crippen LogP contribution in [0, 0.1) is 5.82 Å². The van der Waals surface area contributed by atoms with Gasteiger partial charge >= 0.3 is 0 Å². The molecule has 0 aromatic heterocycles. The molecule has 1 fully saturated rings.